The van der Waals surface area contributed by atoms with Gasteiger partial charge in [0.15, 0.2) is 0 Å². The van der Waals surface area contributed by atoms with E-state index in [2.05, 4.69) is 0 Å². The molecule has 0 saturated heterocycles. The Kier molecular flexibility index (Phi) is 4.33. The molecule has 0 aliphatic carbocycles. The molecule has 0 radical (unpaired) electrons. The Morgan fingerprint density at radius 3 is 2.62 bits per heavy atom. The van der Waals surface area contributed by atoms with Crippen molar-refractivity contribution in [3.05, 3.63) is 52.8 Å². The normalized spacial score (nSPS) is 10.4. The lowest BCUT2D eigenvalue weighted by Crippen LogP contribution is -2.29. The first kappa shape index (κ1) is 15.1. The highest BCUT2D eigenvalue weighted by Gasteiger charge is 2.21. The van der Waals surface area contributed by atoms with Crippen LogP contribution in [0, 0.1) is 0 Å². The van der Waals surface area contributed by atoms with E-state index in [0.717, 1.165) is 0 Å². The van der Waals surface area contributed by atoms with Crippen molar-refractivity contribution in [2.45, 2.75) is 13.5 Å². The highest BCUT2D eigenvalue weighted by molar-refractivity contribution is 6.31. The molecule has 110 valence electrons. The Morgan fingerprint density at radius 1 is 1.33 bits per heavy atom. The number of anilines is 1. The van der Waals surface area contributed by atoms with Crippen LogP contribution in [-0.2, 0) is 6.54 Å². The third kappa shape index (κ3) is 2.92. The summed E-state index contributed by atoms with van der Waals surface area (Å²) in [6.45, 7) is 2.50. The molecule has 21 heavy (non-hydrogen) atoms. The second kappa shape index (κ2) is 6.01. The van der Waals surface area contributed by atoms with Crippen LogP contribution in [0.4, 0.5) is 5.69 Å². The number of benzene rings is 1. The topological polar surface area (TPSA) is 62.5 Å². The van der Waals surface area contributed by atoms with Gasteiger partial charge in [-0.05, 0) is 25.1 Å². The first-order chi connectivity index (χ1) is 9.95. The molecule has 0 unspecified atom stereocenters. The Labute approximate surface area is 127 Å². The van der Waals surface area contributed by atoms with Gasteiger partial charge in [-0.25, -0.2) is 4.79 Å². The molecule has 0 atom stereocenters. The van der Waals surface area contributed by atoms with E-state index in [1.165, 1.54) is 11.0 Å². The predicted octanol–water partition coefficient (Wildman–Crippen LogP) is 3.14. The Morgan fingerprint density at radius 2 is 2.00 bits per heavy atom. The molecule has 2 aromatic rings. The van der Waals surface area contributed by atoms with Gasteiger partial charge in [0.2, 0.25) is 0 Å². The number of para-hydroxylation sites is 1. The lowest BCUT2D eigenvalue weighted by atomic mass is 10.1. The van der Waals surface area contributed by atoms with Crippen LogP contribution >= 0.6 is 11.6 Å². The van der Waals surface area contributed by atoms with Crippen molar-refractivity contribution in [2.75, 3.05) is 11.9 Å². The average molecular weight is 307 g/mol. The third-order valence-corrected chi connectivity index (χ3v) is 3.43. The van der Waals surface area contributed by atoms with E-state index < -0.39 is 5.97 Å². The largest absolute Gasteiger partial charge is 0.478 e. The maximum absolute atomic E-state index is 12.6. The fourth-order valence-electron chi connectivity index (χ4n) is 2.14. The monoisotopic (exact) mass is 306 g/mol. The molecule has 0 bridgehead atoms. The molecule has 0 aliphatic heterocycles. The van der Waals surface area contributed by atoms with Crippen LogP contribution in [-0.4, -0.2) is 28.6 Å². The molecule has 6 heteroatoms. The Bertz CT molecular complexity index is 694. The SMILES string of the molecule is CCn1cc(Cl)cc1C(=O)N(C)c1ccccc1C(=O)O. The number of amides is 1. The van der Waals surface area contributed by atoms with Gasteiger partial charge in [-0.2, -0.15) is 0 Å². The van der Waals surface area contributed by atoms with E-state index >= 15 is 0 Å². The quantitative estimate of drug-likeness (QED) is 0.944. The van der Waals surface area contributed by atoms with Crippen LogP contribution < -0.4 is 4.90 Å². The fourth-order valence-corrected chi connectivity index (χ4v) is 2.36. The van der Waals surface area contributed by atoms with Crippen molar-refractivity contribution < 1.29 is 14.7 Å². The van der Waals surface area contributed by atoms with Crippen molar-refractivity contribution in [3.8, 4) is 0 Å². The van der Waals surface area contributed by atoms with Gasteiger partial charge in [-0.1, -0.05) is 23.7 Å². The zero-order chi connectivity index (χ0) is 15.6. The van der Waals surface area contributed by atoms with Crippen LogP contribution in [0.15, 0.2) is 36.5 Å². The molecule has 0 fully saturated rings. The summed E-state index contributed by atoms with van der Waals surface area (Å²) in [4.78, 5) is 25.1. The van der Waals surface area contributed by atoms with E-state index in [1.54, 1.807) is 42.1 Å². The van der Waals surface area contributed by atoms with E-state index in [1.807, 2.05) is 6.92 Å². The standard InChI is InChI=1S/C15H15ClN2O3/c1-3-18-9-10(16)8-13(18)14(19)17(2)12-7-5-4-6-11(12)15(20)21/h4-9H,3H2,1-2H3,(H,20,21). The number of carbonyl (C=O) groups is 2. The summed E-state index contributed by atoms with van der Waals surface area (Å²) in [6, 6.07) is 7.96. The second-order valence-corrected chi connectivity index (χ2v) is 4.95. The molecule has 1 aromatic carbocycles. The van der Waals surface area contributed by atoms with Crippen molar-refractivity contribution in [2.24, 2.45) is 0 Å². The fraction of sp³-hybridized carbons (Fsp3) is 0.200. The molecule has 1 heterocycles. The number of aromatic carboxylic acids is 1. The number of aromatic nitrogens is 1. The van der Waals surface area contributed by atoms with E-state index in [9.17, 15) is 14.7 Å². The maximum Gasteiger partial charge on any atom is 0.337 e. The van der Waals surface area contributed by atoms with Gasteiger partial charge in [-0.15, -0.1) is 0 Å². The van der Waals surface area contributed by atoms with Crippen LogP contribution in [0.2, 0.25) is 5.02 Å². The first-order valence-electron chi connectivity index (χ1n) is 6.41. The van der Waals surface area contributed by atoms with Crippen LogP contribution in [0.3, 0.4) is 0 Å². The number of nitrogens with zero attached hydrogens (tertiary/aromatic N) is 2. The predicted molar refractivity (Wildman–Crippen MR) is 81.3 cm³/mol. The molecule has 1 aromatic heterocycles. The van der Waals surface area contributed by atoms with Gasteiger partial charge in [0.05, 0.1) is 16.3 Å². The van der Waals surface area contributed by atoms with E-state index in [-0.39, 0.29) is 11.5 Å². The minimum Gasteiger partial charge on any atom is -0.478 e. The van der Waals surface area contributed by atoms with Crippen molar-refractivity contribution in [3.63, 3.8) is 0 Å². The smallest absolute Gasteiger partial charge is 0.337 e. The number of carboxylic acid groups (broad SMARTS) is 1. The highest BCUT2D eigenvalue weighted by Crippen LogP contribution is 2.23. The van der Waals surface area contributed by atoms with Gasteiger partial charge >= 0.3 is 5.97 Å². The number of hydrogen-bond donors (Lipinski definition) is 1. The first-order valence-corrected chi connectivity index (χ1v) is 6.79. The molecular formula is C15H15ClN2O3. The van der Waals surface area contributed by atoms with E-state index in [4.69, 9.17) is 11.6 Å². The van der Waals surface area contributed by atoms with Crippen LogP contribution in [0.1, 0.15) is 27.8 Å². The van der Waals surface area contributed by atoms with Gasteiger partial charge in [-0.3, -0.25) is 4.79 Å². The molecule has 1 amide bonds. The van der Waals surface area contributed by atoms with Gasteiger partial charge in [0.1, 0.15) is 5.69 Å². The number of rotatable bonds is 4. The van der Waals surface area contributed by atoms with Crippen molar-refractivity contribution >= 4 is 29.2 Å². The summed E-state index contributed by atoms with van der Waals surface area (Å²) < 4.78 is 1.73. The van der Waals surface area contributed by atoms with Gasteiger partial charge < -0.3 is 14.6 Å². The highest BCUT2D eigenvalue weighted by atomic mass is 35.5. The number of carbonyl (C=O) groups excluding carboxylic acids is 1. The number of aryl methyl sites for hydroxylation is 1. The molecule has 0 aliphatic rings. The summed E-state index contributed by atoms with van der Waals surface area (Å²) in [5.41, 5.74) is 0.842. The molecule has 5 nitrogen and oxygen atoms in total. The summed E-state index contributed by atoms with van der Waals surface area (Å²) >= 11 is 5.94. The molecule has 0 spiro atoms. The molecule has 1 N–H and O–H groups in total. The number of carboxylic acids is 1. The molecule has 0 saturated carbocycles. The summed E-state index contributed by atoms with van der Waals surface area (Å²) in [5, 5.41) is 9.68. The van der Waals surface area contributed by atoms with Crippen LogP contribution in [0.5, 0.6) is 0 Å². The summed E-state index contributed by atoms with van der Waals surface area (Å²) in [5.74, 6) is -1.38. The zero-order valence-corrected chi connectivity index (χ0v) is 12.5. The second-order valence-electron chi connectivity index (χ2n) is 4.52. The third-order valence-electron chi connectivity index (χ3n) is 3.22. The minimum absolute atomic E-state index is 0.0778. The average Bonchev–Trinajstić information content (AvgIpc) is 2.86. The Balaban J connectivity index is 2.42. The maximum atomic E-state index is 12.6. The number of halogens is 1. The zero-order valence-electron chi connectivity index (χ0n) is 11.7. The summed E-state index contributed by atoms with van der Waals surface area (Å²) in [6.07, 6.45) is 1.67. The Hall–Kier alpha value is -2.27. The van der Waals surface area contributed by atoms with Crippen LogP contribution in [0.25, 0.3) is 0 Å². The van der Waals surface area contributed by atoms with Gasteiger partial charge in [0.25, 0.3) is 5.91 Å². The molecular weight excluding hydrogens is 292 g/mol. The van der Waals surface area contributed by atoms with Crippen molar-refractivity contribution in [1.29, 1.82) is 0 Å². The number of hydrogen-bond acceptors (Lipinski definition) is 2. The summed E-state index contributed by atoms with van der Waals surface area (Å²) in [7, 11) is 1.55. The van der Waals surface area contributed by atoms with Gasteiger partial charge in [0, 0.05) is 19.8 Å². The molecule has 2 rings (SSSR count). The van der Waals surface area contributed by atoms with Crippen molar-refractivity contribution in [1.82, 2.24) is 4.57 Å². The van der Waals surface area contributed by atoms with E-state index in [0.29, 0.717) is 22.9 Å². The lowest BCUT2D eigenvalue weighted by Gasteiger charge is -2.20. The lowest BCUT2D eigenvalue weighted by molar-refractivity contribution is 0.0697. The minimum atomic E-state index is -1.07.